The van der Waals surface area contributed by atoms with E-state index in [0.29, 0.717) is 18.7 Å². The average molecular weight is 351 g/mol. The molecule has 3 heterocycles. The summed E-state index contributed by atoms with van der Waals surface area (Å²) in [6, 6.07) is 9.94. The monoisotopic (exact) mass is 351 g/mol. The molecular weight excluding hydrogens is 330 g/mol. The van der Waals surface area contributed by atoms with E-state index in [1.807, 2.05) is 35.2 Å². The minimum absolute atomic E-state index is 0.108. The van der Waals surface area contributed by atoms with Gasteiger partial charge in [-0.3, -0.25) is 9.89 Å². The van der Waals surface area contributed by atoms with E-state index >= 15 is 0 Å². The number of piperidine rings is 1. The quantitative estimate of drug-likeness (QED) is 0.649. The summed E-state index contributed by atoms with van der Waals surface area (Å²) in [4.78, 5) is 22.9. The van der Waals surface area contributed by atoms with Crippen molar-refractivity contribution in [2.24, 2.45) is 0 Å². The summed E-state index contributed by atoms with van der Waals surface area (Å²) in [6.07, 6.45) is 5.19. The van der Waals surface area contributed by atoms with Crippen LogP contribution in [0.2, 0.25) is 0 Å². The minimum Gasteiger partial charge on any atom is -0.376 e. The molecular formula is C18H21N7O. The van der Waals surface area contributed by atoms with E-state index in [-0.39, 0.29) is 11.9 Å². The molecule has 0 bridgehead atoms. The summed E-state index contributed by atoms with van der Waals surface area (Å²) in [7, 11) is 0. The molecule has 1 saturated heterocycles. The van der Waals surface area contributed by atoms with E-state index in [1.54, 1.807) is 6.20 Å². The number of nitrogens with one attached hydrogen (secondary N) is 3. The lowest BCUT2D eigenvalue weighted by Crippen LogP contribution is -2.47. The molecule has 1 aliphatic heterocycles. The molecule has 0 saturated carbocycles. The van der Waals surface area contributed by atoms with E-state index in [0.717, 1.165) is 36.3 Å². The first-order chi connectivity index (χ1) is 12.8. The molecule has 4 rings (SSSR count). The predicted molar refractivity (Wildman–Crippen MR) is 99.8 cm³/mol. The molecule has 134 valence electrons. The Labute approximate surface area is 151 Å². The van der Waals surface area contributed by atoms with Gasteiger partial charge in [-0.2, -0.15) is 5.10 Å². The second-order valence-electron chi connectivity index (χ2n) is 6.40. The van der Waals surface area contributed by atoms with Crippen molar-refractivity contribution >= 4 is 28.4 Å². The van der Waals surface area contributed by atoms with E-state index in [9.17, 15) is 4.79 Å². The van der Waals surface area contributed by atoms with Crippen molar-refractivity contribution in [3.63, 3.8) is 0 Å². The highest BCUT2D eigenvalue weighted by Crippen LogP contribution is 2.20. The van der Waals surface area contributed by atoms with Crippen LogP contribution in [0.1, 0.15) is 12.8 Å². The Bertz CT molecular complexity index is 879. The third-order valence-electron chi connectivity index (χ3n) is 4.58. The fourth-order valence-electron chi connectivity index (χ4n) is 3.24. The molecule has 26 heavy (non-hydrogen) atoms. The zero-order valence-corrected chi connectivity index (χ0v) is 14.4. The number of anilines is 2. The Morgan fingerprint density at radius 1 is 1.27 bits per heavy atom. The topological polar surface area (TPSA) is 98.8 Å². The summed E-state index contributed by atoms with van der Waals surface area (Å²) in [5.74, 6) is 0.863. The third-order valence-corrected chi connectivity index (χ3v) is 4.58. The standard InChI is InChI=1S/C18H21N7O/c26-16(10-19-13-5-2-1-3-6-13)25-8-4-7-14(11-25)23-17-15-9-22-24-18(15)21-12-20-17/h1-3,5-6,9,12,14,19H,4,7-8,10-11H2,(H2,20,21,22,23,24). The number of carbonyl (C=O) groups is 1. The van der Waals surface area contributed by atoms with Crippen LogP contribution in [0, 0.1) is 0 Å². The van der Waals surface area contributed by atoms with Crippen molar-refractivity contribution in [1.29, 1.82) is 0 Å². The van der Waals surface area contributed by atoms with Crippen LogP contribution in [0.5, 0.6) is 0 Å². The van der Waals surface area contributed by atoms with Gasteiger partial charge in [0.15, 0.2) is 5.65 Å². The lowest BCUT2D eigenvalue weighted by atomic mass is 10.1. The third kappa shape index (κ3) is 3.58. The van der Waals surface area contributed by atoms with Crippen LogP contribution in [-0.4, -0.2) is 56.6 Å². The van der Waals surface area contributed by atoms with Gasteiger partial charge in [-0.1, -0.05) is 18.2 Å². The molecule has 0 spiro atoms. The Balaban J connectivity index is 1.36. The Morgan fingerprint density at radius 2 is 2.15 bits per heavy atom. The second kappa shape index (κ2) is 7.38. The van der Waals surface area contributed by atoms with Gasteiger partial charge in [0.25, 0.3) is 0 Å². The van der Waals surface area contributed by atoms with Crippen LogP contribution < -0.4 is 10.6 Å². The fraction of sp³-hybridized carbons (Fsp3) is 0.333. The van der Waals surface area contributed by atoms with E-state index in [1.165, 1.54) is 6.33 Å². The maximum atomic E-state index is 12.5. The molecule has 0 aliphatic carbocycles. The number of likely N-dealkylation sites (tertiary alicyclic amines) is 1. The van der Waals surface area contributed by atoms with Crippen LogP contribution >= 0.6 is 0 Å². The molecule has 1 unspecified atom stereocenters. The van der Waals surface area contributed by atoms with Crippen LogP contribution in [-0.2, 0) is 4.79 Å². The van der Waals surface area contributed by atoms with Crippen molar-refractivity contribution in [1.82, 2.24) is 25.1 Å². The number of fused-ring (bicyclic) bond motifs is 1. The lowest BCUT2D eigenvalue weighted by molar-refractivity contribution is -0.130. The Morgan fingerprint density at radius 3 is 3.04 bits per heavy atom. The van der Waals surface area contributed by atoms with Gasteiger partial charge in [0, 0.05) is 24.8 Å². The molecule has 3 N–H and O–H groups in total. The van der Waals surface area contributed by atoms with Crippen molar-refractivity contribution < 1.29 is 4.79 Å². The minimum atomic E-state index is 0.108. The summed E-state index contributed by atoms with van der Waals surface area (Å²) < 4.78 is 0. The number of aromatic nitrogens is 4. The van der Waals surface area contributed by atoms with Gasteiger partial charge in [-0.25, -0.2) is 9.97 Å². The molecule has 8 heteroatoms. The molecule has 1 fully saturated rings. The fourth-order valence-corrected chi connectivity index (χ4v) is 3.24. The second-order valence-corrected chi connectivity index (χ2v) is 6.40. The first-order valence-electron chi connectivity index (χ1n) is 8.77. The van der Waals surface area contributed by atoms with Crippen LogP contribution in [0.25, 0.3) is 11.0 Å². The first-order valence-corrected chi connectivity index (χ1v) is 8.77. The van der Waals surface area contributed by atoms with Gasteiger partial charge in [0.1, 0.15) is 12.1 Å². The number of hydrogen-bond donors (Lipinski definition) is 3. The number of carbonyl (C=O) groups excluding carboxylic acids is 1. The van der Waals surface area contributed by atoms with Gasteiger partial charge in [0.2, 0.25) is 5.91 Å². The number of H-pyrrole nitrogens is 1. The summed E-state index contributed by atoms with van der Waals surface area (Å²) in [5, 5.41) is 14.3. The number of aromatic amines is 1. The first kappa shape index (κ1) is 16.3. The summed E-state index contributed by atoms with van der Waals surface area (Å²) in [6.45, 7) is 1.76. The van der Waals surface area contributed by atoms with Crippen molar-refractivity contribution in [3.8, 4) is 0 Å². The van der Waals surface area contributed by atoms with Gasteiger partial charge in [-0.05, 0) is 25.0 Å². The number of hydrogen-bond acceptors (Lipinski definition) is 6. The molecule has 2 aromatic heterocycles. The highest BCUT2D eigenvalue weighted by Gasteiger charge is 2.24. The van der Waals surface area contributed by atoms with Crippen molar-refractivity contribution in [2.75, 3.05) is 30.3 Å². The average Bonchev–Trinajstić information content (AvgIpc) is 3.17. The molecule has 3 aromatic rings. The number of rotatable bonds is 5. The van der Waals surface area contributed by atoms with Gasteiger partial charge < -0.3 is 15.5 Å². The molecule has 0 radical (unpaired) electrons. The van der Waals surface area contributed by atoms with Crippen molar-refractivity contribution in [3.05, 3.63) is 42.9 Å². The maximum absolute atomic E-state index is 12.5. The van der Waals surface area contributed by atoms with Crippen LogP contribution in [0.15, 0.2) is 42.9 Å². The predicted octanol–water partition coefficient (Wildman–Crippen LogP) is 1.87. The molecule has 1 aromatic carbocycles. The van der Waals surface area contributed by atoms with E-state index < -0.39 is 0 Å². The molecule has 1 amide bonds. The highest BCUT2D eigenvalue weighted by molar-refractivity contribution is 5.85. The zero-order chi connectivity index (χ0) is 17.8. The van der Waals surface area contributed by atoms with Crippen molar-refractivity contribution in [2.45, 2.75) is 18.9 Å². The normalized spacial score (nSPS) is 17.2. The maximum Gasteiger partial charge on any atom is 0.241 e. The molecule has 8 nitrogen and oxygen atoms in total. The number of benzene rings is 1. The largest absolute Gasteiger partial charge is 0.376 e. The number of nitrogens with zero attached hydrogens (tertiary/aromatic N) is 4. The summed E-state index contributed by atoms with van der Waals surface area (Å²) in [5.41, 5.74) is 1.66. The van der Waals surface area contributed by atoms with E-state index in [4.69, 9.17) is 0 Å². The highest BCUT2D eigenvalue weighted by atomic mass is 16.2. The Kier molecular flexibility index (Phi) is 4.63. The number of amides is 1. The smallest absolute Gasteiger partial charge is 0.241 e. The van der Waals surface area contributed by atoms with Gasteiger partial charge in [-0.15, -0.1) is 0 Å². The van der Waals surface area contributed by atoms with E-state index in [2.05, 4.69) is 30.8 Å². The van der Waals surface area contributed by atoms with Crippen LogP contribution in [0.4, 0.5) is 11.5 Å². The zero-order valence-electron chi connectivity index (χ0n) is 14.4. The van der Waals surface area contributed by atoms with Gasteiger partial charge >= 0.3 is 0 Å². The SMILES string of the molecule is O=C(CNc1ccccc1)N1CCCC(Nc2ncnc3[nH]ncc23)C1. The van der Waals surface area contributed by atoms with Crippen LogP contribution in [0.3, 0.4) is 0 Å². The number of para-hydroxylation sites is 1. The van der Waals surface area contributed by atoms with Gasteiger partial charge in [0.05, 0.1) is 18.1 Å². The molecule has 1 aliphatic rings. The molecule has 1 atom stereocenters. The lowest BCUT2D eigenvalue weighted by Gasteiger charge is -2.33. The Hall–Kier alpha value is -3.16. The summed E-state index contributed by atoms with van der Waals surface area (Å²) >= 11 is 0.